The van der Waals surface area contributed by atoms with Crippen LogP contribution in [0.2, 0.25) is 6.32 Å². The van der Waals surface area contributed by atoms with Gasteiger partial charge in [0, 0.05) is 12.2 Å². The number of hydrogen-bond donors (Lipinski definition) is 0. The van der Waals surface area contributed by atoms with Gasteiger partial charge in [-0.3, -0.25) is 4.79 Å². The van der Waals surface area contributed by atoms with Crippen molar-refractivity contribution < 1.29 is 4.79 Å². The Morgan fingerprint density at radius 3 is 3.13 bits per heavy atom. The summed E-state index contributed by atoms with van der Waals surface area (Å²) in [5.41, 5.74) is 1.55. The Morgan fingerprint density at radius 2 is 2.47 bits per heavy atom. The van der Waals surface area contributed by atoms with Crippen LogP contribution in [0.5, 0.6) is 0 Å². The lowest BCUT2D eigenvalue weighted by Crippen LogP contribution is -2.29. The second-order valence-electron chi connectivity index (χ2n) is 3.70. The molecule has 3 nitrogen and oxygen atoms in total. The highest BCUT2D eigenvalue weighted by molar-refractivity contribution is 6.37. The molecule has 1 amide bonds. The Hall–Kier alpha value is -1.32. The molecule has 2 rings (SSSR count). The van der Waals surface area contributed by atoms with E-state index in [-0.39, 0.29) is 5.91 Å². The fourth-order valence-electron chi connectivity index (χ4n) is 1.73. The number of aryl methyl sites for hydroxylation is 1. The van der Waals surface area contributed by atoms with Gasteiger partial charge in [0.2, 0.25) is 0 Å². The third-order valence-electron chi connectivity index (χ3n) is 2.63. The molecule has 1 saturated heterocycles. The van der Waals surface area contributed by atoms with Crippen LogP contribution in [0.4, 0.5) is 0 Å². The van der Waals surface area contributed by atoms with E-state index < -0.39 is 0 Å². The van der Waals surface area contributed by atoms with Gasteiger partial charge >= 0.3 is 0 Å². The van der Waals surface area contributed by atoms with E-state index in [2.05, 4.69) is 12.3 Å². The monoisotopic (exact) mass is 201 g/mol. The molecule has 0 spiro atoms. The number of aromatic nitrogens is 1. The van der Waals surface area contributed by atoms with Gasteiger partial charge in [-0.05, 0) is 25.0 Å². The second-order valence-corrected chi connectivity index (χ2v) is 3.70. The van der Waals surface area contributed by atoms with Gasteiger partial charge in [-0.2, -0.15) is 0 Å². The minimum atomic E-state index is 0.0547. The molecule has 0 N–H and O–H groups in total. The van der Waals surface area contributed by atoms with Crippen LogP contribution in [-0.2, 0) is 6.42 Å². The van der Waals surface area contributed by atoms with E-state index in [1.807, 2.05) is 24.0 Å². The maximum Gasteiger partial charge on any atom is 0.271 e. The van der Waals surface area contributed by atoms with Gasteiger partial charge in [0.15, 0.2) is 0 Å². The number of pyridine rings is 1. The van der Waals surface area contributed by atoms with Crippen LogP contribution in [-0.4, -0.2) is 36.1 Å². The number of nitrogens with zero attached hydrogens (tertiary/aromatic N) is 2. The summed E-state index contributed by atoms with van der Waals surface area (Å²) in [4.78, 5) is 18.1. The molecule has 4 heteroatoms. The quantitative estimate of drug-likeness (QED) is 0.673. The molecule has 0 aliphatic carbocycles. The third kappa shape index (κ3) is 2.20. The van der Waals surface area contributed by atoms with Crippen LogP contribution in [0.25, 0.3) is 0 Å². The number of hydrogen-bond acceptors (Lipinski definition) is 2. The molecular weight excluding hydrogens is 187 g/mol. The first-order valence-electron chi connectivity index (χ1n) is 5.38. The zero-order valence-electron chi connectivity index (χ0n) is 8.94. The van der Waals surface area contributed by atoms with Gasteiger partial charge in [0.1, 0.15) is 13.0 Å². The molecule has 77 valence electrons. The van der Waals surface area contributed by atoms with Crippen molar-refractivity contribution in [1.29, 1.82) is 0 Å². The van der Waals surface area contributed by atoms with Gasteiger partial charge in [-0.25, -0.2) is 4.98 Å². The fourth-order valence-corrected chi connectivity index (χ4v) is 1.73. The lowest BCUT2D eigenvalue weighted by Gasteiger charge is -2.15. The summed E-state index contributed by atoms with van der Waals surface area (Å²) < 4.78 is 0. The molecule has 1 aliphatic rings. The van der Waals surface area contributed by atoms with Crippen molar-refractivity contribution in [3.63, 3.8) is 0 Å². The maximum absolute atomic E-state index is 12.0. The summed E-state index contributed by atoms with van der Waals surface area (Å²) >= 11 is 0. The summed E-state index contributed by atoms with van der Waals surface area (Å²) in [6.45, 7) is 2.87. The van der Waals surface area contributed by atoms with Gasteiger partial charge in [-0.15, -0.1) is 0 Å². The van der Waals surface area contributed by atoms with Gasteiger partial charge in [-0.1, -0.05) is 19.3 Å². The number of carbonyl (C=O) groups is 1. The number of carbonyl (C=O) groups excluding carboxylic acids is 1. The van der Waals surface area contributed by atoms with E-state index in [1.54, 1.807) is 6.07 Å². The summed E-state index contributed by atoms with van der Waals surface area (Å²) in [7, 11) is 2.13. The smallest absolute Gasteiger partial charge is 0.271 e. The van der Waals surface area contributed by atoms with Gasteiger partial charge in [0.25, 0.3) is 5.91 Å². The van der Waals surface area contributed by atoms with Crippen molar-refractivity contribution in [3.8, 4) is 0 Å². The normalized spacial score (nSPS) is 15.1. The first kappa shape index (κ1) is 10.2. The van der Waals surface area contributed by atoms with Crippen LogP contribution in [0.1, 0.15) is 23.1 Å². The SMILES string of the molecule is CCc1cccc(C(=O)N2C[B]CC2)n1. The van der Waals surface area contributed by atoms with Gasteiger partial charge in [0.05, 0.1) is 0 Å². The van der Waals surface area contributed by atoms with E-state index in [0.717, 1.165) is 31.4 Å². The summed E-state index contributed by atoms with van der Waals surface area (Å²) in [6.07, 6.45) is 2.63. The highest BCUT2D eigenvalue weighted by Crippen LogP contribution is 2.08. The summed E-state index contributed by atoms with van der Waals surface area (Å²) in [5.74, 6) is 0.0547. The molecule has 0 bridgehead atoms. The molecule has 1 aromatic heterocycles. The molecule has 15 heavy (non-hydrogen) atoms. The van der Waals surface area contributed by atoms with Crippen molar-refractivity contribution in [3.05, 3.63) is 29.6 Å². The first-order valence-corrected chi connectivity index (χ1v) is 5.38. The Bertz CT molecular complexity index is 361. The Labute approximate surface area is 90.7 Å². The Morgan fingerprint density at radius 1 is 1.60 bits per heavy atom. The van der Waals surface area contributed by atoms with Crippen LogP contribution in [0, 0.1) is 0 Å². The average Bonchev–Trinajstić information content (AvgIpc) is 2.81. The standard InChI is InChI=1S/C11H14BN2O/c1-2-9-4-3-5-10(13-9)11(15)14-7-6-12-8-14/h3-5H,2,6-8H2,1H3. The molecule has 1 radical (unpaired) electrons. The fraction of sp³-hybridized carbons (Fsp3) is 0.455. The van der Waals surface area contributed by atoms with Crippen molar-refractivity contribution in [1.82, 2.24) is 9.88 Å². The van der Waals surface area contributed by atoms with E-state index in [0.29, 0.717) is 5.69 Å². The Kier molecular flexibility index (Phi) is 3.04. The summed E-state index contributed by atoms with van der Waals surface area (Å²) in [6, 6.07) is 5.64. The van der Waals surface area contributed by atoms with Crippen molar-refractivity contribution in [2.45, 2.75) is 19.7 Å². The molecular formula is C11H14BN2O. The lowest BCUT2D eigenvalue weighted by molar-refractivity contribution is 0.0795. The first-order chi connectivity index (χ1) is 7.31. The predicted octanol–water partition coefficient (Wildman–Crippen LogP) is 1.18. The van der Waals surface area contributed by atoms with Crippen LogP contribution >= 0.6 is 0 Å². The number of amides is 1. The van der Waals surface area contributed by atoms with E-state index >= 15 is 0 Å². The molecule has 1 fully saturated rings. The van der Waals surface area contributed by atoms with Crippen molar-refractivity contribution in [2.24, 2.45) is 0 Å². The van der Waals surface area contributed by atoms with E-state index in [4.69, 9.17) is 0 Å². The highest BCUT2D eigenvalue weighted by Gasteiger charge is 2.20. The lowest BCUT2D eigenvalue weighted by atomic mass is 9.79. The van der Waals surface area contributed by atoms with Crippen LogP contribution < -0.4 is 0 Å². The predicted molar refractivity (Wildman–Crippen MR) is 60.1 cm³/mol. The molecule has 0 saturated carbocycles. The largest absolute Gasteiger partial charge is 0.346 e. The van der Waals surface area contributed by atoms with Crippen LogP contribution in [0.3, 0.4) is 0 Å². The second kappa shape index (κ2) is 4.47. The molecule has 0 unspecified atom stereocenters. The van der Waals surface area contributed by atoms with E-state index in [1.165, 1.54) is 0 Å². The highest BCUT2D eigenvalue weighted by atomic mass is 16.2. The minimum Gasteiger partial charge on any atom is -0.346 e. The van der Waals surface area contributed by atoms with Crippen molar-refractivity contribution >= 4 is 13.2 Å². The third-order valence-corrected chi connectivity index (χ3v) is 2.63. The van der Waals surface area contributed by atoms with Gasteiger partial charge < -0.3 is 4.90 Å². The topological polar surface area (TPSA) is 33.2 Å². The maximum atomic E-state index is 12.0. The van der Waals surface area contributed by atoms with Crippen LogP contribution in [0.15, 0.2) is 18.2 Å². The van der Waals surface area contributed by atoms with E-state index in [9.17, 15) is 4.79 Å². The molecule has 2 heterocycles. The molecule has 0 atom stereocenters. The number of rotatable bonds is 2. The van der Waals surface area contributed by atoms with Crippen molar-refractivity contribution in [2.75, 3.05) is 13.0 Å². The zero-order valence-corrected chi connectivity index (χ0v) is 8.94. The zero-order chi connectivity index (χ0) is 10.7. The Balaban J connectivity index is 2.17. The summed E-state index contributed by atoms with van der Waals surface area (Å²) in [5, 5.41) is 0. The average molecular weight is 201 g/mol. The molecule has 1 aromatic rings. The minimum absolute atomic E-state index is 0.0547. The molecule has 1 aliphatic heterocycles. The molecule has 0 aromatic carbocycles.